The van der Waals surface area contributed by atoms with Gasteiger partial charge in [-0.25, -0.2) is 0 Å². The zero-order chi connectivity index (χ0) is 22.3. The molecule has 0 radical (unpaired) electrons. The van der Waals surface area contributed by atoms with Crippen LogP contribution in [0.1, 0.15) is 49.6 Å². The summed E-state index contributed by atoms with van der Waals surface area (Å²) in [6.45, 7) is 7.78. The molecule has 7 nitrogen and oxygen atoms in total. The van der Waals surface area contributed by atoms with Crippen LogP contribution >= 0.6 is 0 Å². The minimum atomic E-state index is -0.357. The van der Waals surface area contributed by atoms with E-state index in [4.69, 9.17) is 19.8 Å². The number of piperidine rings is 1. The molecule has 1 aliphatic carbocycles. The molecule has 2 aromatic rings. The molecule has 1 aromatic heterocycles. The van der Waals surface area contributed by atoms with Gasteiger partial charge in [-0.3, -0.25) is 4.68 Å². The smallest absolute Gasteiger partial charge is 0.219 e. The van der Waals surface area contributed by atoms with Crippen molar-refractivity contribution < 1.29 is 9.57 Å². The van der Waals surface area contributed by atoms with Gasteiger partial charge in [-0.2, -0.15) is 5.10 Å². The molecule has 3 aliphatic rings. The molecule has 1 atom stereocenters. The Balaban J connectivity index is 1.41. The first kappa shape index (κ1) is 21.3. The number of rotatable bonds is 7. The first-order chi connectivity index (χ1) is 15.4. The highest BCUT2D eigenvalue weighted by Crippen LogP contribution is 2.62. The second-order valence-electron chi connectivity index (χ2n) is 9.81. The average Bonchev–Trinajstić information content (AvgIpc) is 3.37. The molecular weight excluding hydrogens is 402 g/mol. The molecule has 5 rings (SSSR count). The van der Waals surface area contributed by atoms with Crippen LogP contribution in [0.5, 0.6) is 5.75 Å². The average molecular weight is 438 g/mol. The first-order valence-corrected chi connectivity index (χ1v) is 11.9. The lowest BCUT2D eigenvalue weighted by atomic mass is 9.83. The summed E-state index contributed by atoms with van der Waals surface area (Å²) in [4.78, 5) is 11.3. The minimum Gasteiger partial charge on any atom is -0.494 e. The van der Waals surface area contributed by atoms with Crippen LogP contribution in [-0.4, -0.2) is 57.9 Å². The van der Waals surface area contributed by atoms with Crippen molar-refractivity contribution in [3.63, 3.8) is 0 Å². The van der Waals surface area contributed by atoms with Crippen molar-refractivity contribution in [3.05, 3.63) is 47.3 Å². The molecule has 2 aliphatic heterocycles. The van der Waals surface area contributed by atoms with E-state index in [0.29, 0.717) is 0 Å². The molecule has 0 N–H and O–H groups in total. The normalized spacial score (nSPS) is 24.1. The van der Waals surface area contributed by atoms with Crippen LogP contribution < -0.4 is 4.74 Å². The number of aryl methyl sites for hydroxylation is 2. The quantitative estimate of drug-likeness (QED) is 0.661. The number of hydrogen-bond donors (Lipinski definition) is 0. The van der Waals surface area contributed by atoms with Crippen molar-refractivity contribution in [2.75, 3.05) is 26.7 Å². The second kappa shape index (κ2) is 8.10. The van der Waals surface area contributed by atoms with Crippen LogP contribution in [0.3, 0.4) is 0 Å². The number of amidine groups is 1. The molecule has 0 amide bonds. The van der Waals surface area contributed by atoms with Crippen molar-refractivity contribution >= 4 is 5.84 Å². The van der Waals surface area contributed by atoms with Crippen LogP contribution in [0.15, 0.2) is 35.5 Å². The molecule has 1 unspecified atom stereocenters. The predicted molar refractivity (Wildman–Crippen MR) is 124 cm³/mol. The van der Waals surface area contributed by atoms with Crippen molar-refractivity contribution in [3.8, 4) is 5.75 Å². The highest BCUT2D eigenvalue weighted by Gasteiger charge is 2.68. The number of aromatic nitrogens is 2. The van der Waals surface area contributed by atoms with Gasteiger partial charge in [-0.05, 0) is 57.0 Å². The lowest BCUT2D eigenvalue weighted by molar-refractivity contribution is -0.183. The van der Waals surface area contributed by atoms with Gasteiger partial charge in [0.2, 0.25) is 5.72 Å². The molecule has 172 valence electrons. The van der Waals surface area contributed by atoms with E-state index in [-0.39, 0.29) is 11.1 Å². The van der Waals surface area contributed by atoms with Crippen molar-refractivity contribution in [2.24, 2.45) is 17.6 Å². The Morgan fingerprint density at radius 3 is 2.56 bits per heavy atom. The summed E-state index contributed by atoms with van der Waals surface area (Å²) in [5.41, 5.74) is 3.26. The summed E-state index contributed by atoms with van der Waals surface area (Å²) in [5.74, 6) is 1.93. The number of likely N-dealkylation sites (tertiary alicyclic amines) is 1. The summed E-state index contributed by atoms with van der Waals surface area (Å²) in [6.07, 6.45) is 5.11. The topological polar surface area (TPSA) is 55.1 Å². The lowest BCUT2D eigenvalue weighted by Gasteiger charge is -2.48. The molecule has 0 bridgehead atoms. The van der Waals surface area contributed by atoms with Gasteiger partial charge in [-0.15, -0.1) is 0 Å². The van der Waals surface area contributed by atoms with E-state index < -0.39 is 0 Å². The van der Waals surface area contributed by atoms with Gasteiger partial charge in [0.25, 0.3) is 0 Å². The van der Waals surface area contributed by atoms with Gasteiger partial charge in [0.05, 0.1) is 18.8 Å². The maximum absolute atomic E-state index is 6.42. The Morgan fingerprint density at radius 2 is 1.91 bits per heavy atom. The largest absolute Gasteiger partial charge is 0.494 e. The highest BCUT2D eigenvalue weighted by molar-refractivity contribution is 5.86. The van der Waals surface area contributed by atoms with Crippen LogP contribution in [0.4, 0.5) is 0 Å². The molecule has 1 saturated carbocycles. The SMILES string of the molecule is CCCOc1ccc(CC2=NOC3(CCN(C)CC34CC4)N2Cc2cc(C)n(C)n2)cc1. The van der Waals surface area contributed by atoms with E-state index >= 15 is 0 Å². The third kappa shape index (κ3) is 3.66. The van der Waals surface area contributed by atoms with E-state index in [2.05, 4.69) is 61.0 Å². The van der Waals surface area contributed by atoms with Crippen LogP contribution in [-0.2, 0) is 24.9 Å². The lowest BCUT2D eigenvalue weighted by Crippen LogP contribution is -2.61. The number of oxime groups is 1. The van der Waals surface area contributed by atoms with E-state index in [1.165, 1.54) is 24.1 Å². The van der Waals surface area contributed by atoms with Gasteiger partial charge >= 0.3 is 0 Å². The van der Waals surface area contributed by atoms with E-state index in [1.807, 2.05) is 11.7 Å². The van der Waals surface area contributed by atoms with Crippen molar-refractivity contribution in [1.82, 2.24) is 19.6 Å². The third-order valence-electron chi connectivity index (χ3n) is 7.38. The Bertz CT molecular complexity index is 975. The molecule has 1 saturated heterocycles. The summed E-state index contributed by atoms with van der Waals surface area (Å²) < 4.78 is 7.70. The summed E-state index contributed by atoms with van der Waals surface area (Å²) in [5, 5.41) is 9.46. The number of fused-ring (bicyclic) bond motifs is 1. The van der Waals surface area contributed by atoms with Gasteiger partial charge in [0.15, 0.2) is 5.84 Å². The van der Waals surface area contributed by atoms with Crippen molar-refractivity contribution in [1.29, 1.82) is 0 Å². The minimum absolute atomic E-state index is 0.160. The van der Waals surface area contributed by atoms with Gasteiger partial charge < -0.3 is 19.4 Å². The Hall–Kier alpha value is -2.54. The Kier molecular flexibility index (Phi) is 5.40. The van der Waals surface area contributed by atoms with Gasteiger partial charge in [-0.1, -0.05) is 24.2 Å². The van der Waals surface area contributed by atoms with Crippen LogP contribution in [0.25, 0.3) is 0 Å². The molecule has 1 aromatic carbocycles. The molecule has 2 fully saturated rings. The zero-order valence-corrected chi connectivity index (χ0v) is 19.8. The molecule has 32 heavy (non-hydrogen) atoms. The van der Waals surface area contributed by atoms with Crippen LogP contribution in [0.2, 0.25) is 0 Å². The predicted octanol–water partition coefficient (Wildman–Crippen LogP) is 3.72. The number of benzene rings is 1. The number of hydrogen-bond acceptors (Lipinski definition) is 6. The van der Waals surface area contributed by atoms with Crippen molar-refractivity contribution in [2.45, 2.75) is 58.2 Å². The summed E-state index contributed by atoms with van der Waals surface area (Å²) >= 11 is 0. The molecule has 7 heteroatoms. The zero-order valence-electron chi connectivity index (χ0n) is 19.8. The van der Waals surface area contributed by atoms with Gasteiger partial charge in [0.1, 0.15) is 5.75 Å². The fourth-order valence-electron chi connectivity index (χ4n) is 5.35. The Morgan fingerprint density at radius 1 is 1.12 bits per heavy atom. The van der Waals surface area contributed by atoms with Gasteiger partial charge in [0, 0.05) is 44.1 Å². The third-order valence-corrected chi connectivity index (χ3v) is 7.38. The standard InChI is InChI=1S/C25H35N5O2/c1-5-14-31-22-8-6-20(7-9-22)16-23-27-32-25(12-13-28(3)18-24(25)10-11-24)30(23)17-21-15-19(2)29(4)26-21/h6-9,15H,5,10-14,16-18H2,1-4H3. The van der Waals surface area contributed by atoms with E-state index in [0.717, 1.165) is 62.8 Å². The first-order valence-electron chi connectivity index (χ1n) is 11.9. The molecular formula is C25H35N5O2. The second-order valence-corrected chi connectivity index (χ2v) is 9.81. The molecule has 3 heterocycles. The Labute approximate surface area is 191 Å². The summed E-state index contributed by atoms with van der Waals surface area (Å²) in [6, 6.07) is 10.6. The summed E-state index contributed by atoms with van der Waals surface area (Å²) in [7, 11) is 4.22. The van der Waals surface area contributed by atoms with Crippen LogP contribution in [0, 0.1) is 12.3 Å². The fraction of sp³-hybridized carbons (Fsp3) is 0.600. The number of ether oxygens (including phenoxy) is 1. The highest BCUT2D eigenvalue weighted by atomic mass is 16.7. The van der Waals surface area contributed by atoms with E-state index in [1.54, 1.807) is 0 Å². The maximum Gasteiger partial charge on any atom is 0.219 e. The maximum atomic E-state index is 6.42. The number of nitrogens with zero attached hydrogens (tertiary/aromatic N) is 5. The fourth-order valence-corrected chi connectivity index (χ4v) is 5.35. The molecule has 2 spiro atoms. The monoisotopic (exact) mass is 437 g/mol. The van der Waals surface area contributed by atoms with E-state index in [9.17, 15) is 0 Å².